The van der Waals surface area contributed by atoms with E-state index in [0.717, 1.165) is 12.8 Å². The number of methoxy groups -OCH3 is 1. The van der Waals surface area contributed by atoms with Crippen LogP contribution in [0.5, 0.6) is 5.75 Å². The molecule has 6 heteroatoms. The van der Waals surface area contributed by atoms with E-state index in [1.807, 2.05) is 0 Å². The van der Waals surface area contributed by atoms with Crippen molar-refractivity contribution in [2.45, 2.75) is 52.2 Å². The lowest BCUT2D eigenvalue weighted by Crippen LogP contribution is -2.47. The third-order valence-electron chi connectivity index (χ3n) is 5.08. The first-order valence-corrected chi connectivity index (χ1v) is 9.47. The number of carbonyl (C=O) groups excluding carboxylic acids is 2. The van der Waals surface area contributed by atoms with Gasteiger partial charge in [0.2, 0.25) is 0 Å². The molecule has 2 rings (SSSR count). The van der Waals surface area contributed by atoms with Crippen LogP contribution in [0.2, 0.25) is 0 Å². The molecule has 138 valence electrons. The lowest BCUT2D eigenvalue weighted by Gasteiger charge is -2.35. The average Bonchev–Trinajstić information content (AvgIpc) is 2.59. The zero-order valence-electron chi connectivity index (χ0n) is 15.2. The molecule has 0 radical (unpaired) electrons. The summed E-state index contributed by atoms with van der Waals surface area (Å²) in [7, 11) is 1.53. The number of halogens is 1. The summed E-state index contributed by atoms with van der Waals surface area (Å²) in [6.45, 7) is 5.98. The molecule has 0 saturated heterocycles. The monoisotopic (exact) mass is 411 g/mol. The van der Waals surface area contributed by atoms with Gasteiger partial charge in [0, 0.05) is 10.5 Å². The molecule has 1 aromatic rings. The van der Waals surface area contributed by atoms with Crippen LogP contribution in [0.3, 0.4) is 0 Å². The van der Waals surface area contributed by atoms with E-state index in [1.165, 1.54) is 13.5 Å². The number of esters is 1. The second-order valence-electron chi connectivity index (χ2n) is 6.78. The molecule has 0 spiro atoms. The highest BCUT2D eigenvalue weighted by atomic mass is 79.9. The van der Waals surface area contributed by atoms with Crippen LogP contribution in [0.1, 0.15) is 50.4 Å². The molecule has 1 aromatic carbocycles. The van der Waals surface area contributed by atoms with Gasteiger partial charge in [-0.25, -0.2) is 4.79 Å². The molecule has 5 nitrogen and oxygen atoms in total. The van der Waals surface area contributed by atoms with Crippen molar-refractivity contribution in [3.8, 4) is 5.75 Å². The summed E-state index contributed by atoms with van der Waals surface area (Å²) in [6, 6.07) is 5.18. The van der Waals surface area contributed by atoms with E-state index in [1.54, 1.807) is 25.1 Å². The van der Waals surface area contributed by atoms with Gasteiger partial charge >= 0.3 is 5.97 Å². The van der Waals surface area contributed by atoms with Gasteiger partial charge in [-0.15, -0.1) is 0 Å². The van der Waals surface area contributed by atoms with Crippen molar-refractivity contribution in [1.82, 2.24) is 5.32 Å². The molecule has 4 atom stereocenters. The molecule has 1 saturated carbocycles. The van der Waals surface area contributed by atoms with E-state index >= 15 is 0 Å². The second-order valence-corrected chi connectivity index (χ2v) is 7.63. The summed E-state index contributed by atoms with van der Waals surface area (Å²) in [4.78, 5) is 24.8. The Bertz CT molecular complexity index is 634. The molecule has 1 aliphatic carbocycles. The van der Waals surface area contributed by atoms with E-state index in [9.17, 15) is 9.59 Å². The summed E-state index contributed by atoms with van der Waals surface area (Å²) in [5, 5.41) is 3.04. The van der Waals surface area contributed by atoms with Crippen LogP contribution >= 0.6 is 15.9 Å². The highest BCUT2D eigenvalue weighted by Gasteiger charge is 2.30. The van der Waals surface area contributed by atoms with Gasteiger partial charge in [-0.2, -0.15) is 0 Å². The minimum Gasteiger partial charge on any atom is -0.497 e. The van der Waals surface area contributed by atoms with Crippen molar-refractivity contribution in [3.63, 3.8) is 0 Å². The Labute approximate surface area is 157 Å². The third kappa shape index (κ3) is 4.97. The van der Waals surface area contributed by atoms with E-state index in [4.69, 9.17) is 9.47 Å². The van der Waals surface area contributed by atoms with Crippen LogP contribution in [0.25, 0.3) is 0 Å². The molecule has 1 fully saturated rings. The van der Waals surface area contributed by atoms with Crippen LogP contribution in [-0.2, 0) is 9.53 Å². The fourth-order valence-electron chi connectivity index (χ4n) is 3.15. The van der Waals surface area contributed by atoms with Gasteiger partial charge < -0.3 is 14.8 Å². The van der Waals surface area contributed by atoms with Gasteiger partial charge in [0.15, 0.2) is 6.10 Å². The molecule has 25 heavy (non-hydrogen) atoms. The molecule has 0 heterocycles. The Morgan fingerprint density at radius 3 is 2.68 bits per heavy atom. The predicted octanol–water partition coefficient (Wildman–Crippen LogP) is 3.94. The molecule has 0 aliphatic heterocycles. The molecule has 1 amide bonds. The zero-order chi connectivity index (χ0) is 18.6. The minimum absolute atomic E-state index is 0.140. The summed E-state index contributed by atoms with van der Waals surface area (Å²) in [6.07, 6.45) is 2.43. The van der Waals surface area contributed by atoms with Gasteiger partial charge in [0.25, 0.3) is 5.91 Å². The Hall–Kier alpha value is -1.56. The lowest BCUT2D eigenvalue weighted by molar-refractivity contribution is -0.130. The maximum Gasteiger partial charge on any atom is 0.340 e. The number of ether oxygens (including phenoxy) is 2. The first-order chi connectivity index (χ1) is 11.8. The van der Waals surface area contributed by atoms with Crippen molar-refractivity contribution in [1.29, 1.82) is 0 Å². The number of nitrogens with one attached hydrogen (secondary N) is 1. The topological polar surface area (TPSA) is 64.6 Å². The van der Waals surface area contributed by atoms with Gasteiger partial charge in [-0.05, 0) is 59.3 Å². The van der Waals surface area contributed by atoms with Crippen LogP contribution in [-0.4, -0.2) is 31.1 Å². The van der Waals surface area contributed by atoms with Gasteiger partial charge in [0.05, 0.1) is 12.7 Å². The SMILES string of the molecule is COc1ccc(Br)c(C(=O)O[C@H](C)C(=O)N[C@@H]2CCC[C@@H](C)[C@H]2C)c1. The maximum atomic E-state index is 12.4. The Balaban J connectivity index is 1.97. The van der Waals surface area contributed by atoms with Crippen LogP contribution in [0, 0.1) is 11.8 Å². The molecule has 0 aromatic heterocycles. The van der Waals surface area contributed by atoms with Crippen molar-refractivity contribution in [2.24, 2.45) is 11.8 Å². The number of hydrogen-bond donors (Lipinski definition) is 1. The number of benzene rings is 1. The molecule has 0 bridgehead atoms. The minimum atomic E-state index is -0.852. The van der Waals surface area contributed by atoms with Crippen molar-refractivity contribution in [3.05, 3.63) is 28.2 Å². The van der Waals surface area contributed by atoms with E-state index in [-0.39, 0.29) is 11.9 Å². The van der Waals surface area contributed by atoms with Crippen molar-refractivity contribution < 1.29 is 19.1 Å². The molecule has 1 aliphatic rings. The fraction of sp³-hybridized carbons (Fsp3) is 0.579. The van der Waals surface area contributed by atoms with Crippen LogP contribution in [0.4, 0.5) is 0 Å². The summed E-state index contributed by atoms with van der Waals surface area (Å²) in [5.41, 5.74) is 0.332. The fourth-order valence-corrected chi connectivity index (χ4v) is 3.56. The van der Waals surface area contributed by atoms with Crippen molar-refractivity contribution in [2.75, 3.05) is 7.11 Å². The van der Waals surface area contributed by atoms with Gasteiger partial charge in [0.1, 0.15) is 5.75 Å². The Morgan fingerprint density at radius 1 is 1.28 bits per heavy atom. The first-order valence-electron chi connectivity index (χ1n) is 8.68. The lowest BCUT2D eigenvalue weighted by atomic mass is 9.78. The zero-order valence-corrected chi connectivity index (χ0v) is 16.8. The molecular weight excluding hydrogens is 386 g/mol. The Morgan fingerprint density at radius 2 is 2.00 bits per heavy atom. The van der Waals surface area contributed by atoms with Crippen molar-refractivity contribution >= 4 is 27.8 Å². The predicted molar refractivity (Wildman–Crippen MR) is 99.7 cm³/mol. The van der Waals surface area contributed by atoms with E-state index in [2.05, 4.69) is 35.1 Å². The average molecular weight is 412 g/mol. The highest BCUT2D eigenvalue weighted by molar-refractivity contribution is 9.10. The number of rotatable bonds is 5. The smallest absolute Gasteiger partial charge is 0.340 e. The van der Waals surface area contributed by atoms with Crippen LogP contribution < -0.4 is 10.1 Å². The maximum absolute atomic E-state index is 12.4. The second kappa shape index (κ2) is 8.70. The molecular formula is C19H26BrNO4. The highest BCUT2D eigenvalue weighted by Crippen LogP contribution is 2.29. The Kier molecular flexibility index (Phi) is 6.87. The van der Waals surface area contributed by atoms with E-state index in [0.29, 0.717) is 27.6 Å². The van der Waals surface area contributed by atoms with E-state index < -0.39 is 12.1 Å². The van der Waals surface area contributed by atoms with Gasteiger partial charge in [-0.1, -0.05) is 26.7 Å². The summed E-state index contributed by atoms with van der Waals surface area (Å²) in [5.74, 6) is 0.756. The normalized spacial score (nSPS) is 24.3. The standard InChI is InChI=1S/C19H26BrNO4/c1-11-6-5-7-17(12(11)2)21-18(22)13(3)25-19(23)15-10-14(24-4)8-9-16(15)20/h8-13,17H,5-7H2,1-4H3,(H,21,22)/t11-,12-,13-,17-/m1/s1. The van der Waals surface area contributed by atoms with Crippen LogP contribution in [0.15, 0.2) is 22.7 Å². The van der Waals surface area contributed by atoms with Gasteiger partial charge in [-0.3, -0.25) is 4.79 Å². The quantitative estimate of drug-likeness (QED) is 0.744. The first kappa shape index (κ1) is 19.8. The number of hydrogen-bond acceptors (Lipinski definition) is 4. The number of carbonyl (C=O) groups is 2. The summed E-state index contributed by atoms with van der Waals surface area (Å²) < 4.78 is 11.1. The molecule has 1 N–H and O–H groups in total. The molecule has 0 unspecified atom stereocenters. The largest absolute Gasteiger partial charge is 0.497 e. The third-order valence-corrected chi connectivity index (χ3v) is 5.77. The number of amides is 1. The summed E-state index contributed by atoms with van der Waals surface area (Å²) >= 11 is 3.32.